The van der Waals surface area contributed by atoms with E-state index in [-0.39, 0.29) is 12.4 Å². The zero-order chi connectivity index (χ0) is 43.6. The normalized spacial score (nSPS) is 11.7. The van der Waals surface area contributed by atoms with Crippen molar-refractivity contribution in [3.8, 4) is 0 Å². The van der Waals surface area contributed by atoms with Gasteiger partial charge in [0.15, 0.2) is 0 Å². The van der Waals surface area contributed by atoms with Crippen LogP contribution in [0.3, 0.4) is 0 Å². The number of azide groups is 1. The number of hydrogen-bond donors (Lipinski definition) is 0. The first-order chi connectivity index (χ1) is 29.5. The molecule has 0 aromatic heterocycles. The molecule has 0 aromatic carbocycles. The molecule has 0 N–H and O–H groups in total. The second-order valence-corrected chi connectivity index (χ2v) is 13.1. The predicted octanol–water partition coefficient (Wildman–Crippen LogP) is 2.29. The topological polar surface area (TPSA) is 223 Å². The quantitative estimate of drug-likeness (QED) is 0.0281. The third kappa shape index (κ3) is 54.2. The molecule has 0 amide bonds. The van der Waals surface area contributed by atoms with Crippen molar-refractivity contribution in [2.24, 2.45) is 5.11 Å². The first kappa shape index (κ1) is 58.1. The fraction of sp³-hybridized carbons (Fsp3) is 0.974. The minimum atomic E-state index is -0.480. The maximum Gasteiger partial charge on any atom is 0.308 e. The molecule has 0 aliphatic heterocycles. The Morgan fingerprint density at radius 1 is 0.350 bits per heavy atom. The Hall–Kier alpha value is -1.86. The van der Waals surface area contributed by atoms with Crippen LogP contribution in [0.2, 0.25) is 0 Å². The fourth-order valence-electron chi connectivity index (χ4n) is 4.10. The monoisotopic (exact) mass is 876 g/mol. The molecular formula is C39H77N3O18. The summed E-state index contributed by atoms with van der Waals surface area (Å²) < 4.78 is 92.3. The van der Waals surface area contributed by atoms with Crippen LogP contribution in [0.15, 0.2) is 5.11 Å². The maximum absolute atomic E-state index is 11.6. The summed E-state index contributed by atoms with van der Waals surface area (Å²) in [7, 11) is 0. The molecule has 0 saturated carbocycles. The molecule has 0 rings (SSSR count). The molecule has 356 valence electrons. The summed E-state index contributed by atoms with van der Waals surface area (Å²) >= 11 is 0. The van der Waals surface area contributed by atoms with Crippen molar-refractivity contribution in [1.29, 1.82) is 0 Å². The van der Waals surface area contributed by atoms with Gasteiger partial charge in [0.1, 0.15) is 5.60 Å². The minimum absolute atomic E-state index is 0.226. The standard InChI is InChI=1S/C39H77N3O18/c1-39(2,3)60-38(43)4-6-44-8-10-46-12-14-48-16-18-50-20-22-52-24-26-54-28-30-56-32-34-58-36-37-59-35-33-57-31-29-55-27-25-53-23-21-51-19-17-49-15-13-47-11-9-45-7-5-41-42-40/h4-37H2,1-3H3. The van der Waals surface area contributed by atoms with E-state index in [4.69, 9.17) is 86.1 Å². The van der Waals surface area contributed by atoms with Gasteiger partial charge in [-0.2, -0.15) is 0 Å². The highest BCUT2D eigenvalue weighted by atomic mass is 16.6. The summed E-state index contributed by atoms with van der Waals surface area (Å²) in [6, 6.07) is 0. The van der Waals surface area contributed by atoms with Gasteiger partial charge in [0.25, 0.3) is 0 Å². The Bertz CT molecular complexity index is 918. The number of ether oxygens (including phenoxy) is 17. The zero-order valence-corrected chi connectivity index (χ0v) is 36.7. The van der Waals surface area contributed by atoms with Crippen LogP contribution in [0, 0.1) is 0 Å². The van der Waals surface area contributed by atoms with E-state index < -0.39 is 5.60 Å². The van der Waals surface area contributed by atoms with Gasteiger partial charge in [-0.1, -0.05) is 5.11 Å². The van der Waals surface area contributed by atoms with E-state index in [2.05, 4.69) is 10.0 Å². The van der Waals surface area contributed by atoms with Crippen LogP contribution in [0.25, 0.3) is 10.4 Å². The van der Waals surface area contributed by atoms with E-state index in [1.54, 1.807) is 0 Å². The van der Waals surface area contributed by atoms with Crippen molar-refractivity contribution >= 4 is 5.97 Å². The molecule has 60 heavy (non-hydrogen) atoms. The van der Waals surface area contributed by atoms with Crippen molar-refractivity contribution < 1.29 is 85.3 Å². The van der Waals surface area contributed by atoms with Crippen LogP contribution in [-0.2, 0) is 85.3 Å². The highest BCUT2D eigenvalue weighted by Gasteiger charge is 2.15. The van der Waals surface area contributed by atoms with Crippen molar-refractivity contribution in [2.45, 2.75) is 32.8 Å². The van der Waals surface area contributed by atoms with Crippen molar-refractivity contribution in [3.05, 3.63) is 10.4 Å². The number of esters is 1. The Kier molecular flexibility index (Phi) is 48.2. The van der Waals surface area contributed by atoms with E-state index in [1.165, 1.54) is 0 Å². The van der Waals surface area contributed by atoms with Crippen LogP contribution in [-0.4, -0.2) is 230 Å². The van der Waals surface area contributed by atoms with Crippen LogP contribution >= 0.6 is 0 Å². The molecule has 21 nitrogen and oxygen atoms in total. The minimum Gasteiger partial charge on any atom is -0.460 e. The molecule has 0 saturated heterocycles. The van der Waals surface area contributed by atoms with Gasteiger partial charge in [0, 0.05) is 11.5 Å². The van der Waals surface area contributed by atoms with E-state index >= 15 is 0 Å². The molecule has 0 aliphatic rings. The number of hydrogen-bond acceptors (Lipinski definition) is 19. The van der Waals surface area contributed by atoms with Gasteiger partial charge in [-0.15, -0.1) is 0 Å². The molecule has 0 heterocycles. The number of carbonyl (C=O) groups is 1. The predicted molar refractivity (Wildman–Crippen MR) is 218 cm³/mol. The number of nitrogens with zero attached hydrogens (tertiary/aromatic N) is 3. The van der Waals surface area contributed by atoms with Crippen molar-refractivity contribution in [3.63, 3.8) is 0 Å². The van der Waals surface area contributed by atoms with Gasteiger partial charge < -0.3 is 80.5 Å². The fourth-order valence-corrected chi connectivity index (χ4v) is 4.10. The molecule has 0 fully saturated rings. The van der Waals surface area contributed by atoms with Crippen LogP contribution in [0.5, 0.6) is 0 Å². The van der Waals surface area contributed by atoms with E-state index in [0.717, 1.165) is 0 Å². The lowest BCUT2D eigenvalue weighted by Gasteiger charge is -2.19. The molecule has 0 bridgehead atoms. The lowest BCUT2D eigenvalue weighted by atomic mass is 10.2. The highest BCUT2D eigenvalue weighted by Crippen LogP contribution is 2.08. The molecule has 0 aliphatic carbocycles. The summed E-state index contributed by atoms with van der Waals surface area (Å²) in [4.78, 5) is 14.2. The summed E-state index contributed by atoms with van der Waals surface area (Å²) in [6.45, 7) is 20.8. The molecule has 0 atom stereocenters. The van der Waals surface area contributed by atoms with E-state index in [0.29, 0.717) is 218 Å². The van der Waals surface area contributed by atoms with Gasteiger partial charge >= 0.3 is 5.97 Å². The SMILES string of the molecule is CC(C)(C)OC(=O)CCOCCOCCOCCOCCOCCOCCOCCOCCOCCOCCOCCOCCOCCOCCOCCOCCN=[N+]=[N-]. The second-order valence-electron chi connectivity index (χ2n) is 13.1. The molecule has 0 radical (unpaired) electrons. The van der Waals surface area contributed by atoms with Crippen LogP contribution in [0.1, 0.15) is 27.2 Å². The molecule has 21 heteroatoms. The first-order valence-corrected chi connectivity index (χ1v) is 20.9. The molecule has 0 unspecified atom stereocenters. The maximum atomic E-state index is 11.6. The number of rotatable bonds is 51. The average molecular weight is 876 g/mol. The molecule has 0 aromatic rings. The van der Waals surface area contributed by atoms with Gasteiger partial charge in [0.05, 0.1) is 218 Å². The second kappa shape index (κ2) is 49.8. The Balaban J connectivity index is 3.10. The van der Waals surface area contributed by atoms with Crippen LogP contribution < -0.4 is 0 Å². The summed E-state index contributed by atoms with van der Waals surface area (Å²) in [5.74, 6) is -0.270. The van der Waals surface area contributed by atoms with Crippen molar-refractivity contribution in [2.75, 3.05) is 218 Å². The van der Waals surface area contributed by atoms with Gasteiger partial charge in [0.2, 0.25) is 0 Å². The zero-order valence-electron chi connectivity index (χ0n) is 36.7. The first-order valence-electron chi connectivity index (χ1n) is 20.9. The molecular weight excluding hydrogens is 798 g/mol. The van der Waals surface area contributed by atoms with Gasteiger partial charge in [-0.3, -0.25) is 4.79 Å². The van der Waals surface area contributed by atoms with E-state index in [1.807, 2.05) is 20.8 Å². The number of carbonyl (C=O) groups excluding carboxylic acids is 1. The Morgan fingerprint density at radius 3 is 0.717 bits per heavy atom. The highest BCUT2D eigenvalue weighted by molar-refractivity contribution is 5.69. The van der Waals surface area contributed by atoms with Crippen molar-refractivity contribution in [1.82, 2.24) is 0 Å². The summed E-state index contributed by atoms with van der Waals surface area (Å²) in [5, 5.41) is 3.38. The summed E-state index contributed by atoms with van der Waals surface area (Å²) in [6.07, 6.45) is 0.226. The van der Waals surface area contributed by atoms with Crippen LogP contribution in [0.4, 0.5) is 0 Å². The average Bonchev–Trinajstić information content (AvgIpc) is 3.22. The van der Waals surface area contributed by atoms with Gasteiger partial charge in [-0.05, 0) is 26.3 Å². The Morgan fingerprint density at radius 2 is 0.533 bits per heavy atom. The largest absolute Gasteiger partial charge is 0.460 e. The third-order valence-corrected chi connectivity index (χ3v) is 6.85. The molecule has 0 spiro atoms. The van der Waals surface area contributed by atoms with Gasteiger partial charge in [-0.25, -0.2) is 0 Å². The smallest absolute Gasteiger partial charge is 0.308 e. The Labute approximate surface area is 357 Å². The third-order valence-electron chi connectivity index (χ3n) is 6.85. The lowest BCUT2D eigenvalue weighted by molar-refractivity contribution is -0.156. The lowest BCUT2D eigenvalue weighted by Crippen LogP contribution is -2.24. The van der Waals surface area contributed by atoms with E-state index in [9.17, 15) is 4.79 Å². The summed E-state index contributed by atoms with van der Waals surface area (Å²) in [5.41, 5.74) is 7.67.